The van der Waals surface area contributed by atoms with Gasteiger partial charge >= 0.3 is 0 Å². The summed E-state index contributed by atoms with van der Waals surface area (Å²) < 4.78 is 6.34. The van der Waals surface area contributed by atoms with Gasteiger partial charge in [-0.15, -0.1) is 11.3 Å². The number of para-hydroxylation sites is 1. The lowest BCUT2D eigenvalue weighted by Gasteiger charge is -2.11. The summed E-state index contributed by atoms with van der Waals surface area (Å²) in [6.45, 7) is 0.0335. The monoisotopic (exact) mass is 480 g/mol. The molecule has 0 saturated carbocycles. The van der Waals surface area contributed by atoms with Crippen LogP contribution in [0.4, 0.5) is 5.82 Å². The Morgan fingerprint density at radius 3 is 2.60 bits per heavy atom. The van der Waals surface area contributed by atoms with Crippen LogP contribution in [-0.4, -0.2) is 32.6 Å². The zero-order valence-corrected chi connectivity index (χ0v) is 18.9. The van der Waals surface area contributed by atoms with Gasteiger partial charge in [-0.25, -0.2) is 9.97 Å². The number of carbonyl (C=O) groups is 3. The third kappa shape index (κ3) is 3.77. The van der Waals surface area contributed by atoms with Crippen LogP contribution >= 0.6 is 11.3 Å². The lowest BCUT2D eigenvalue weighted by molar-refractivity contribution is 0.0631. The van der Waals surface area contributed by atoms with Crippen molar-refractivity contribution < 1.29 is 18.8 Å². The smallest absolute Gasteiger partial charge is 0.261 e. The molecule has 1 N–H and O–H groups in total. The SMILES string of the molecule is O=C(Nc1ccc(-c2nc3ccccc3s2)cn1)c1ccc2c(c1)C(=O)N(Cc1ccco1)C2=O. The molecule has 0 aliphatic carbocycles. The van der Waals surface area contributed by atoms with Gasteiger partial charge in [0.1, 0.15) is 16.6 Å². The maximum atomic E-state index is 12.8. The van der Waals surface area contributed by atoms with E-state index in [2.05, 4.69) is 15.3 Å². The summed E-state index contributed by atoms with van der Waals surface area (Å²) in [6, 6.07) is 19.3. The molecule has 0 bridgehead atoms. The van der Waals surface area contributed by atoms with Gasteiger partial charge in [0.15, 0.2) is 0 Å². The van der Waals surface area contributed by atoms with Crippen molar-refractivity contribution in [1.29, 1.82) is 0 Å². The Labute approximate surface area is 202 Å². The number of carbonyl (C=O) groups excluding carboxylic acids is 3. The van der Waals surface area contributed by atoms with Gasteiger partial charge in [-0.3, -0.25) is 19.3 Å². The van der Waals surface area contributed by atoms with Crippen molar-refractivity contribution >= 4 is 45.1 Å². The van der Waals surface area contributed by atoms with Crippen LogP contribution in [0.2, 0.25) is 0 Å². The molecule has 0 fully saturated rings. The van der Waals surface area contributed by atoms with Gasteiger partial charge < -0.3 is 9.73 Å². The Balaban J connectivity index is 1.19. The van der Waals surface area contributed by atoms with Gasteiger partial charge in [0.25, 0.3) is 17.7 Å². The summed E-state index contributed by atoms with van der Waals surface area (Å²) in [6.07, 6.45) is 3.14. The minimum absolute atomic E-state index is 0.0335. The van der Waals surface area contributed by atoms with E-state index in [1.807, 2.05) is 30.3 Å². The molecule has 170 valence electrons. The van der Waals surface area contributed by atoms with Gasteiger partial charge in [-0.05, 0) is 54.6 Å². The highest BCUT2D eigenvalue weighted by Crippen LogP contribution is 2.30. The molecular weight excluding hydrogens is 464 g/mol. The van der Waals surface area contributed by atoms with Crippen molar-refractivity contribution in [3.8, 4) is 10.6 Å². The number of aromatic nitrogens is 2. The second kappa shape index (κ2) is 8.30. The van der Waals surface area contributed by atoms with E-state index in [1.54, 1.807) is 35.7 Å². The third-order valence-corrected chi connectivity index (χ3v) is 6.76. The standard InChI is InChI=1S/C26H16N4O4S/c31-23(29-22-10-8-16(13-27-22)24-28-20-5-1-2-6-21(20)35-24)15-7-9-18-19(12-15)26(33)30(25(18)32)14-17-4-3-11-34-17/h1-13H,14H2,(H,27,29,31). The molecule has 1 aliphatic rings. The molecule has 35 heavy (non-hydrogen) atoms. The highest BCUT2D eigenvalue weighted by Gasteiger charge is 2.36. The number of thiazole rings is 1. The number of pyridine rings is 1. The lowest BCUT2D eigenvalue weighted by atomic mass is 10.1. The number of imide groups is 1. The van der Waals surface area contributed by atoms with Crippen molar-refractivity contribution in [2.45, 2.75) is 6.54 Å². The Kier molecular flexibility index (Phi) is 4.97. The predicted molar refractivity (Wildman–Crippen MR) is 130 cm³/mol. The molecule has 0 atom stereocenters. The Morgan fingerprint density at radius 2 is 1.83 bits per heavy atom. The molecule has 2 aromatic carbocycles. The summed E-state index contributed by atoms with van der Waals surface area (Å²) >= 11 is 1.57. The number of amides is 3. The fourth-order valence-corrected chi connectivity index (χ4v) is 4.87. The number of hydrogen-bond donors (Lipinski definition) is 1. The molecule has 8 nitrogen and oxygen atoms in total. The topological polar surface area (TPSA) is 105 Å². The first kappa shape index (κ1) is 20.9. The summed E-state index contributed by atoms with van der Waals surface area (Å²) in [4.78, 5) is 48.4. The first-order chi connectivity index (χ1) is 17.1. The van der Waals surface area contributed by atoms with Crippen molar-refractivity contribution in [3.63, 3.8) is 0 Å². The average molecular weight is 481 g/mol. The van der Waals surface area contributed by atoms with Crippen LogP contribution in [0.3, 0.4) is 0 Å². The van der Waals surface area contributed by atoms with Crippen LogP contribution < -0.4 is 5.32 Å². The predicted octanol–water partition coefficient (Wildman–Crippen LogP) is 5.00. The fourth-order valence-electron chi connectivity index (χ4n) is 3.91. The third-order valence-electron chi connectivity index (χ3n) is 5.67. The largest absolute Gasteiger partial charge is 0.467 e. The number of rotatable bonds is 5. The quantitative estimate of drug-likeness (QED) is 0.355. The maximum absolute atomic E-state index is 12.8. The summed E-state index contributed by atoms with van der Waals surface area (Å²) in [5.41, 5.74) is 2.48. The molecule has 4 heterocycles. The van der Waals surface area contributed by atoms with E-state index >= 15 is 0 Å². The molecule has 1 aliphatic heterocycles. The lowest BCUT2D eigenvalue weighted by Crippen LogP contribution is -2.28. The van der Waals surface area contributed by atoms with E-state index in [4.69, 9.17) is 4.42 Å². The van der Waals surface area contributed by atoms with E-state index < -0.39 is 17.7 Å². The number of hydrogen-bond acceptors (Lipinski definition) is 7. The first-order valence-electron chi connectivity index (χ1n) is 10.7. The van der Waals surface area contributed by atoms with Gasteiger partial charge in [0.05, 0.1) is 34.2 Å². The van der Waals surface area contributed by atoms with Gasteiger partial charge in [-0.1, -0.05) is 12.1 Å². The van der Waals surface area contributed by atoms with Gasteiger partial charge in [-0.2, -0.15) is 0 Å². The van der Waals surface area contributed by atoms with Crippen LogP contribution in [0.25, 0.3) is 20.8 Å². The minimum Gasteiger partial charge on any atom is -0.467 e. The fraction of sp³-hybridized carbons (Fsp3) is 0.0385. The molecule has 9 heteroatoms. The average Bonchev–Trinajstić information content (AvgIpc) is 3.60. The van der Waals surface area contributed by atoms with E-state index in [9.17, 15) is 14.4 Å². The van der Waals surface area contributed by atoms with Crippen molar-refractivity contribution in [3.05, 3.63) is 102 Å². The van der Waals surface area contributed by atoms with Crippen molar-refractivity contribution in [2.75, 3.05) is 5.32 Å². The number of fused-ring (bicyclic) bond motifs is 2. The maximum Gasteiger partial charge on any atom is 0.261 e. The molecule has 3 amide bonds. The summed E-state index contributed by atoms with van der Waals surface area (Å²) in [7, 11) is 0. The Morgan fingerprint density at radius 1 is 0.971 bits per heavy atom. The highest BCUT2D eigenvalue weighted by molar-refractivity contribution is 7.21. The van der Waals surface area contributed by atoms with Crippen LogP contribution in [0.5, 0.6) is 0 Å². The number of anilines is 1. The summed E-state index contributed by atoms with van der Waals surface area (Å²) in [5.74, 6) is -0.451. The number of nitrogens with one attached hydrogen (secondary N) is 1. The van der Waals surface area contributed by atoms with Gasteiger partial charge in [0.2, 0.25) is 0 Å². The van der Waals surface area contributed by atoms with E-state index in [-0.39, 0.29) is 23.2 Å². The van der Waals surface area contributed by atoms with E-state index in [0.29, 0.717) is 11.6 Å². The molecule has 0 unspecified atom stereocenters. The van der Waals surface area contributed by atoms with Crippen molar-refractivity contribution in [1.82, 2.24) is 14.9 Å². The van der Waals surface area contributed by atoms with Crippen LogP contribution in [0, 0.1) is 0 Å². The molecule has 0 saturated heterocycles. The number of nitrogens with zero attached hydrogens (tertiary/aromatic N) is 3. The van der Waals surface area contributed by atoms with Crippen LogP contribution in [0.1, 0.15) is 36.8 Å². The summed E-state index contributed by atoms with van der Waals surface area (Å²) in [5, 5.41) is 3.58. The Bertz CT molecular complexity index is 1570. The van der Waals surface area contributed by atoms with Crippen molar-refractivity contribution in [2.24, 2.45) is 0 Å². The zero-order valence-electron chi connectivity index (χ0n) is 18.1. The second-order valence-corrected chi connectivity index (χ2v) is 8.94. The van der Waals surface area contributed by atoms with Crippen LogP contribution in [0.15, 0.2) is 83.6 Å². The molecule has 0 spiro atoms. The molecule has 5 aromatic rings. The minimum atomic E-state index is -0.464. The Hall–Kier alpha value is -4.63. The molecular formula is C26H16N4O4S. The van der Waals surface area contributed by atoms with E-state index in [0.717, 1.165) is 25.7 Å². The molecule has 0 radical (unpaired) electrons. The number of benzene rings is 2. The normalized spacial score (nSPS) is 12.9. The molecule has 6 rings (SSSR count). The second-order valence-electron chi connectivity index (χ2n) is 7.91. The first-order valence-corrected chi connectivity index (χ1v) is 11.5. The van der Waals surface area contributed by atoms with E-state index in [1.165, 1.54) is 24.5 Å². The van der Waals surface area contributed by atoms with Crippen LogP contribution in [-0.2, 0) is 6.54 Å². The molecule has 3 aromatic heterocycles. The van der Waals surface area contributed by atoms with Gasteiger partial charge in [0, 0.05) is 17.3 Å². The number of furan rings is 1. The zero-order chi connectivity index (χ0) is 23.9. The highest BCUT2D eigenvalue weighted by atomic mass is 32.1.